The molecule has 0 radical (unpaired) electrons. The summed E-state index contributed by atoms with van der Waals surface area (Å²) in [4.78, 5) is 20.7. The van der Waals surface area contributed by atoms with E-state index in [4.69, 9.17) is 0 Å². The second-order valence-corrected chi connectivity index (χ2v) is 5.05. The summed E-state index contributed by atoms with van der Waals surface area (Å²) in [6.07, 6.45) is 0. The fourth-order valence-corrected chi connectivity index (χ4v) is 2.84. The highest BCUT2D eigenvalue weighted by Crippen LogP contribution is 2.33. The molecule has 0 bridgehead atoms. The van der Waals surface area contributed by atoms with Crippen LogP contribution in [0.25, 0.3) is 0 Å². The molecule has 1 aromatic heterocycles. The van der Waals surface area contributed by atoms with Gasteiger partial charge in [-0.2, -0.15) is 0 Å². The second kappa shape index (κ2) is 4.70. The average Bonchev–Trinajstić information content (AvgIpc) is 2.46. The van der Waals surface area contributed by atoms with Crippen LogP contribution in [0.2, 0.25) is 0 Å². The number of nitrogens with zero attached hydrogens (tertiary/aromatic N) is 3. The van der Waals surface area contributed by atoms with E-state index in [1.54, 1.807) is 13.1 Å². The molecule has 6 nitrogen and oxygen atoms in total. The van der Waals surface area contributed by atoms with Gasteiger partial charge in [-0.15, -0.1) is 0 Å². The van der Waals surface area contributed by atoms with Gasteiger partial charge in [-0.05, 0) is 12.1 Å². The Morgan fingerprint density at radius 2 is 2.37 bits per heavy atom. The van der Waals surface area contributed by atoms with Crippen LogP contribution in [-0.4, -0.2) is 57.2 Å². The zero-order valence-corrected chi connectivity index (χ0v) is 11.3. The van der Waals surface area contributed by atoms with E-state index in [2.05, 4.69) is 25.4 Å². The Morgan fingerprint density at radius 3 is 3.16 bits per heavy atom. The lowest BCUT2D eigenvalue weighted by atomic mass is 10.1. The van der Waals surface area contributed by atoms with Gasteiger partial charge in [0.25, 0.3) is 5.91 Å². The summed E-state index contributed by atoms with van der Waals surface area (Å²) in [5.74, 6) is 0.762. The van der Waals surface area contributed by atoms with Crippen LogP contribution in [0.5, 0.6) is 0 Å². The number of pyridine rings is 1. The van der Waals surface area contributed by atoms with Crippen molar-refractivity contribution in [2.75, 3.05) is 50.1 Å². The van der Waals surface area contributed by atoms with Gasteiger partial charge in [0.2, 0.25) is 0 Å². The molecule has 1 saturated heterocycles. The summed E-state index contributed by atoms with van der Waals surface area (Å²) < 4.78 is 0. The van der Waals surface area contributed by atoms with Crippen LogP contribution in [-0.2, 0) is 0 Å². The summed E-state index contributed by atoms with van der Waals surface area (Å²) in [5, 5.41) is 6.04. The maximum atomic E-state index is 11.7. The Hall–Kier alpha value is -1.82. The topological polar surface area (TPSA) is 60.5 Å². The first-order valence-corrected chi connectivity index (χ1v) is 6.62. The van der Waals surface area contributed by atoms with Crippen LogP contribution in [0.1, 0.15) is 10.5 Å². The van der Waals surface area contributed by atoms with E-state index in [0.29, 0.717) is 11.7 Å². The Kier molecular flexibility index (Phi) is 3.02. The number of carbonyl (C=O) groups is 1. The van der Waals surface area contributed by atoms with Crippen molar-refractivity contribution >= 4 is 17.4 Å². The summed E-state index contributed by atoms with van der Waals surface area (Å²) >= 11 is 0. The number of aromatic nitrogens is 1. The zero-order chi connectivity index (χ0) is 13.4. The highest BCUT2D eigenvalue weighted by molar-refractivity contribution is 5.93. The first-order valence-electron chi connectivity index (χ1n) is 6.62. The number of hydrogen-bond donors (Lipinski definition) is 2. The number of nitrogens with one attached hydrogen (secondary N) is 2. The summed E-state index contributed by atoms with van der Waals surface area (Å²) in [6.45, 7) is 3.93. The van der Waals surface area contributed by atoms with Gasteiger partial charge in [0.05, 0.1) is 11.7 Å². The van der Waals surface area contributed by atoms with Gasteiger partial charge in [-0.25, -0.2) is 4.98 Å². The lowest BCUT2D eigenvalue weighted by Gasteiger charge is -2.45. The smallest absolute Gasteiger partial charge is 0.269 e. The van der Waals surface area contributed by atoms with Crippen LogP contribution in [0.15, 0.2) is 12.1 Å². The Labute approximate surface area is 112 Å². The predicted molar refractivity (Wildman–Crippen MR) is 74.9 cm³/mol. The number of rotatable bonds is 1. The molecule has 102 valence electrons. The van der Waals surface area contributed by atoms with E-state index >= 15 is 0 Å². The third-order valence-corrected chi connectivity index (χ3v) is 3.82. The first kappa shape index (κ1) is 12.2. The molecule has 3 heterocycles. The zero-order valence-electron chi connectivity index (χ0n) is 11.3. The van der Waals surface area contributed by atoms with E-state index < -0.39 is 0 Å². The van der Waals surface area contributed by atoms with E-state index in [9.17, 15) is 4.79 Å². The van der Waals surface area contributed by atoms with Crippen molar-refractivity contribution in [3.05, 3.63) is 17.8 Å². The van der Waals surface area contributed by atoms with Crippen molar-refractivity contribution in [2.45, 2.75) is 6.04 Å². The molecular formula is C13H19N5O. The van der Waals surface area contributed by atoms with Gasteiger partial charge < -0.3 is 20.4 Å². The molecule has 0 aliphatic carbocycles. The van der Waals surface area contributed by atoms with Crippen molar-refractivity contribution in [3.8, 4) is 0 Å². The largest absolute Gasteiger partial charge is 0.361 e. The van der Waals surface area contributed by atoms with Crippen molar-refractivity contribution in [1.29, 1.82) is 0 Å². The van der Waals surface area contributed by atoms with Crippen LogP contribution in [0, 0.1) is 0 Å². The molecule has 0 unspecified atom stereocenters. The number of piperazine rings is 1. The first-order chi connectivity index (χ1) is 9.20. The molecule has 2 aliphatic rings. The Morgan fingerprint density at radius 1 is 1.53 bits per heavy atom. The monoisotopic (exact) mass is 261 g/mol. The Bertz CT molecular complexity index is 504. The fraction of sp³-hybridized carbons (Fsp3) is 0.538. The van der Waals surface area contributed by atoms with Crippen molar-refractivity contribution in [1.82, 2.24) is 15.6 Å². The van der Waals surface area contributed by atoms with Gasteiger partial charge in [-0.1, -0.05) is 0 Å². The third-order valence-electron chi connectivity index (χ3n) is 3.82. The molecule has 1 atom stereocenters. The van der Waals surface area contributed by atoms with E-state index in [1.807, 2.05) is 13.1 Å². The van der Waals surface area contributed by atoms with Crippen molar-refractivity contribution in [2.24, 2.45) is 0 Å². The lowest BCUT2D eigenvalue weighted by molar-refractivity contribution is 0.0958. The summed E-state index contributed by atoms with van der Waals surface area (Å²) in [6, 6.07) is 4.30. The molecule has 1 amide bonds. The number of carbonyl (C=O) groups excluding carboxylic acids is 1. The molecule has 19 heavy (non-hydrogen) atoms. The number of fused-ring (bicyclic) bond motifs is 3. The minimum Gasteiger partial charge on any atom is -0.361 e. The summed E-state index contributed by atoms with van der Waals surface area (Å²) in [7, 11) is 3.66. The average molecular weight is 261 g/mol. The normalized spacial score (nSPS) is 21.7. The maximum absolute atomic E-state index is 11.7. The highest BCUT2D eigenvalue weighted by Gasteiger charge is 2.32. The lowest BCUT2D eigenvalue weighted by Crippen LogP contribution is -2.58. The van der Waals surface area contributed by atoms with Gasteiger partial charge in [0.1, 0.15) is 5.69 Å². The highest BCUT2D eigenvalue weighted by atomic mass is 16.1. The minimum absolute atomic E-state index is 0.140. The molecule has 1 fully saturated rings. The third kappa shape index (κ3) is 2.02. The van der Waals surface area contributed by atoms with E-state index in [1.165, 1.54) is 0 Å². The fourth-order valence-electron chi connectivity index (χ4n) is 2.84. The van der Waals surface area contributed by atoms with Crippen LogP contribution in [0.3, 0.4) is 0 Å². The quantitative estimate of drug-likeness (QED) is 0.725. The van der Waals surface area contributed by atoms with Crippen molar-refractivity contribution < 1.29 is 4.79 Å². The molecular weight excluding hydrogens is 242 g/mol. The van der Waals surface area contributed by atoms with E-state index in [-0.39, 0.29) is 5.91 Å². The molecule has 0 aromatic carbocycles. The second-order valence-electron chi connectivity index (χ2n) is 5.05. The SMILES string of the molecule is CNC(=O)c1ccc2c(n1)N(C)C[C@H]1CNCCN21. The molecule has 2 N–H and O–H groups in total. The van der Waals surface area contributed by atoms with Gasteiger partial charge in [-0.3, -0.25) is 4.79 Å². The molecule has 3 rings (SSSR count). The number of anilines is 2. The maximum Gasteiger partial charge on any atom is 0.269 e. The van der Waals surface area contributed by atoms with Crippen LogP contribution in [0.4, 0.5) is 11.5 Å². The summed E-state index contributed by atoms with van der Waals surface area (Å²) in [5.41, 5.74) is 1.61. The Balaban J connectivity index is 2.00. The predicted octanol–water partition coefficient (Wildman–Crippen LogP) is -0.331. The van der Waals surface area contributed by atoms with Crippen molar-refractivity contribution in [3.63, 3.8) is 0 Å². The number of likely N-dealkylation sites (N-methyl/N-ethyl adjacent to an activating group) is 1. The van der Waals surface area contributed by atoms with Gasteiger partial charge in [0.15, 0.2) is 5.82 Å². The van der Waals surface area contributed by atoms with Crippen LogP contribution >= 0.6 is 0 Å². The van der Waals surface area contributed by atoms with Crippen LogP contribution < -0.4 is 20.4 Å². The minimum atomic E-state index is -0.140. The molecule has 0 spiro atoms. The van der Waals surface area contributed by atoms with E-state index in [0.717, 1.165) is 37.7 Å². The molecule has 6 heteroatoms. The van der Waals surface area contributed by atoms with Gasteiger partial charge >= 0.3 is 0 Å². The molecule has 1 aromatic rings. The number of amides is 1. The molecule has 0 saturated carbocycles. The van der Waals surface area contributed by atoms with Gasteiger partial charge in [0, 0.05) is 40.3 Å². The number of hydrogen-bond acceptors (Lipinski definition) is 5. The molecule has 2 aliphatic heterocycles. The standard InChI is InChI=1S/C13H19N5O/c1-14-13(19)10-3-4-11-12(16-10)17(2)8-9-7-15-5-6-18(9)11/h3-4,9,15H,5-8H2,1-2H3,(H,14,19)/t9-/m1/s1.